The Kier molecular flexibility index (Phi) is 4.72. The Labute approximate surface area is 148 Å². The predicted molar refractivity (Wildman–Crippen MR) is 103 cm³/mol. The molecular weight excluding hydrogens is 294 g/mol. The second-order valence-electron chi connectivity index (χ2n) is 9.44. The van der Waals surface area contributed by atoms with Crippen molar-refractivity contribution in [2.45, 2.75) is 83.7 Å². The van der Waals surface area contributed by atoms with E-state index in [-0.39, 0.29) is 11.0 Å². The van der Waals surface area contributed by atoms with Crippen molar-refractivity contribution < 1.29 is 5.11 Å². The summed E-state index contributed by atoms with van der Waals surface area (Å²) < 4.78 is 0. The van der Waals surface area contributed by atoms with Crippen molar-refractivity contribution in [3.05, 3.63) is 29.8 Å². The van der Waals surface area contributed by atoms with Gasteiger partial charge in [0.05, 0.1) is 5.60 Å². The fraction of sp³-hybridized carbons (Fsp3) is 0.727. The van der Waals surface area contributed by atoms with Gasteiger partial charge < -0.3 is 10.0 Å². The summed E-state index contributed by atoms with van der Waals surface area (Å²) in [5, 5.41) is 10.7. The summed E-state index contributed by atoms with van der Waals surface area (Å²) in [5.74, 6) is 0. The quantitative estimate of drug-likeness (QED) is 0.815. The van der Waals surface area contributed by atoms with Gasteiger partial charge in [0.25, 0.3) is 0 Å². The number of rotatable bonds is 3. The van der Waals surface area contributed by atoms with Gasteiger partial charge in [0.1, 0.15) is 0 Å². The molecule has 0 unspecified atom stereocenters. The van der Waals surface area contributed by atoms with Crippen LogP contribution in [0.5, 0.6) is 0 Å². The minimum absolute atomic E-state index is 0.220. The van der Waals surface area contributed by atoms with Gasteiger partial charge in [0.15, 0.2) is 0 Å². The fourth-order valence-electron chi connectivity index (χ4n) is 4.70. The van der Waals surface area contributed by atoms with Crippen molar-refractivity contribution in [2.24, 2.45) is 5.41 Å². The lowest BCUT2D eigenvalue weighted by Crippen LogP contribution is -2.40. The zero-order valence-electron chi connectivity index (χ0n) is 16.1. The summed E-state index contributed by atoms with van der Waals surface area (Å²) in [7, 11) is 0. The molecule has 1 saturated heterocycles. The van der Waals surface area contributed by atoms with Crippen LogP contribution in [-0.4, -0.2) is 23.8 Å². The Morgan fingerprint density at radius 2 is 1.62 bits per heavy atom. The van der Waals surface area contributed by atoms with Gasteiger partial charge in [0.2, 0.25) is 0 Å². The number of hydrogen-bond acceptors (Lipinski definition) is 2. The topological polar surface area (TPSA) is 23.5 Å². The number of aliphatic hydroxyl groups is 1. The van der Waals surface area contributed by atoms with E-state index in [0.29, 0.717) is 5.41 Å². The Morgan fingerprint density at radius 1 is 1.00 bits per heavy atom. The second kappa shape index (κ2) is 6.37. The molecule has 1 aromatic carbocycles. The fourth-order valence-corrected chi connectivity index (χ4v) is 4.70. The van der Waals surface area contributed by atoms with Gasteiger partial charge >= 0.3 is 0 Å². The van der Waals surface area contributed by atoms with E-state index in [1.807, 2.05) is 0 Å². The van der Waals surface area contributed by atoms with Crippen LogP contribution in [0, 0.1) is 5.41 Å². The number of nitrogens with zero attached hydrogens (tertiary/aromatic N) is 1. The van der Waals surface area contributed by atoms with E-state index >= 15 is 0 Å². The van der Waals surface area contributed by atoms with Crippen molar-refractivity contribution in [3.8, 4) is 0 Å². The Hall–Kier alpha value is -1.02. The smallest absolute Gasteiger partial charge is 0.0648 e. The molecule has 24 heavy (non-hydrogen) atoms. The lowest BCUT2D eigenvalue weighted by Gasteiger charge is -2.42. The lowest BCUT2D eigenvalue weighted by molar-refractivity contribution is -0.0357. The van der Waals surface area contributed by atoms with Gasteiger partial charge in [-0.25, -0.2) is 0 Å². The predicted octanol–water partition coefficient (Wildman–Crippen LogP) is 5.29. The number of hydrogen-bond donors (Lipinski definition) is 1. The highest BCUT2D eigenvalue weighted by atomic mass is 16.3. The highest BCUT2D eigenvalue weighted by Crippen LogP contribution is 2.48. The minimum Gasteiger partial charge on any atom is -0.390 e. The molecule has 0 bridgehead atoms. The van der Waals surface area contributed by atoms with E-state index in [1.165, 1.54) is 43.6 Å². The average Bonchev–Trinajstić information content (AvgIpc) is 2.95. The minimum atomic E-state index is -0.373. The van der Waals surface area contributed by atoms with Gasteiger partial charge in [-0.05, 0) is 67.1 Å². The van der Waals surface area contributed by atoms with Crippen molar-refractivity contribution in [2.75, 3.05) is 18.0 Å². The summed E-state index contributed by atoms with van der Waals surface area (Å²) in [6, 6.07) is 9.19. The molecule has 1 spiro atoms. The molecule has 134 valence electrons. The third-order valence-electron chi connectivity index (χ3n) is 6.49. The third-order valence-corrected chi connectivity index (χ3v) is 6.49. The van der Waals surface area contributed by atoms with Gasteiger partial charge in [-0.2, -0.15) is 0 Å². The summed E-state index contributed by atoms with van der Waals surface area (Å²) >= 11 is 0. The maximum Gasteiger partial charge on any atom is 0.0648 e. The maximum atomic E-state index is 10.7. The molecule has 0 radical (unpaired) electrons. The summed E-state index contributed by atoms with van der Waals surface area (Å²) in [6.45, 7) is 11.3. The van der Waals surface area contributed by atoms with Crippen LogP contribution in [-0.2, 0) is 5.41 Å². The summed E-state index contributed by atoms with van der Waals surface area (Å²) in [6.07, 6.45) is 7.74. The molecule has 1 aromatic rings. The van der Waals surface area contributed by atoms with E-state index in [1.54, 1.807) is 0 Å². The molecule has 1 N–H and O–H groups in total. The van der Waals surface area contributed by atoms with Crippen LogP contribution in [0.2, 0.25) is 0 Å². The van der Waals surface area contributed by atoms with Gasteiger partial charge in [-0.1, -0.05) is 46.2 Å². The highest BCUT2D eigenvalue weighted by molar-refractivity contribution is 5.50. The molecule has 2 fully saturated rings. The molecule has 2 aliphatic rings. The highest BCUT2D eigenvalue weighted by Gasteiger charge is 2.44. The molecule has 3 rings (SSSR count). The first-order valence-corrected chi connectivity index (χ1v) is 9.83. The summed E-state index contributed by atoms with van der Waals surface area (Å²) in [4.78, 5) is 2.57. The van der Waals surface area contributed by atoms with Crippen molar-refractivity contribution >= 4 is 5.69 Å². The Balaban J connectivity index is 1.64. The largest absolute Gasteiger partial charge is 0.390 e. The molecule has 2 nitrogen and oxygen atoms in total. The van der Waals surface area contributed by atoms with Gasteiger partial charge in [-0.15, -0.1) is 0 Å². The van der Waals surface area contributed by atoms with Crippen LogP contribution in [0.15, 0.2) is 24.3 Å². The molecule has 0 amide bonds. The number of benzene rings is 1. The molecular formula is C22H35NO. The normalized spacial score (nSPS) is 31.0. The summed E-state index contributed by atoms with van der Waals surface area (Å²) in [5.41, 5.74) is 3.07. The van der Waals surface area contributed by atoms with Crippen LogP contribution in [0.25, 0.3) is 0 Å². The second-order valence-corrected chi connectivity index (χ2v) is 9.44. The van der Waals surface area contributed by atoms with E-state index in [4.69, 9.17) is 0 Å². The van der Waals surface area contributed by atoms with Crippen molar-refractivity contribution in [3.63, 3.8) is 0 Å². The van der Waals surface area contributed by atoms with E-state index in [9.17, 15) is 5.11 Å². The first-order valence-electron chi connectivity index (χ1n) is 9.83. The standard InChI is InChI=1S/C22H35NO/c1-5-10-22(24)13-11-21(12-14-22)15-16-23(17-21)19-8-6-18(7-9-19)20(2,3)4/h6-9,24H,5,10-17H2,1-4H3. The molecule has 1 aliphatic carbocycles. The maximum absolute atomic E-state index is 10.7. The molecule has 1 saturated carbocycles. The Bertz CT molecular complexity index is 546. The van der Waals surface area contributed by atoms with Crippen LogP contribution >= 0.6 is 0 Å². The van der Waals surface area contributed by atoms with Crippen LogP contribution in [0.3, 0.4) is 0 Å². The zero-order chi connectivity index (χ0) is 17.4. The van der Waals surface area contributed by atoms with E-state index in [2.05, 4.69) is 56.9 Å². The average molecular weight is 330 g/mol. The molecule has 0 atom stereocenters. The molecule has 1 aliphatic heterocycles. The lowest BCUT2D eigenvalue weighted by atomic mass is 9.67. The van der Waals surface area contributed by atoms with Crippen LogP contribution in [0.1, 0.15) is 78.2 Å². The van der Waals surface area contributed by atoms with Crippen molar-refractivity contribution in [1.82, 2.24) is 0 Å². The zero-order valence-corrected chi connectivity index (χ0v) is 16.1. The molecule has 0 aromatic heterocycles. The van der Waals surface area contributed by atoms with Gasteiger partial charge in [-0.3, -0.25) is 0 Å². The van der Waals surface area contributed by atoms with E-state index < -0.39 is 0 Å². The molecule has 1 heterocycles. The van der Waals surface area contributed by atoms with Crippen LogP contribution < -0.4 is 4.90 Å². The van der Waals surface area contributed by atoms with E-state index in [0.717, 1.165) is 25.7 Å². The van der Waals surface area contributed by atoms with Crippen LogP contribution in [0.4, 0.5) is 5.69 Å². The van der Waals surface area contributed by atoms with Crippen molar-refractivity contribution in [1.29, 1.82) is 0 Å². The third kappa shape index (κ3) is 3.64. The molecule has 2 heteroatoms. The Morgan fingerprint density at radius 3 is 2.17 bits per heavy atom. The SMILES string of the molecule is CCCC1(O)CCC2(CCN(c3ccc(C(C)(C)C)cc3)C2)CC1. The monoisotopic (exact) mass is 329 g/mol. The first-order chi connectivity index (χ1) is 11.3. The van der Waals surface area contributed by atoms with Gasteiger partial charge in [0, 0.05) is 18.8 Å². The number of anilines is 1. The first kappa shape index (κ1) is 17.8.